The molecular formula is C10H14FN3S. The molecule has 0 aliphatic heterocycles. The summed E-state index contributed by atoms with van der Waals surface area (Å²) in [4.78, 5) is 6.30. The molecule has 5 heteroatoms. The van der Waals surface area contributed by atoms with Gasteiger partial charge in [-0.1, -0.05) is 12.2 Å². The van der Waals surface area contributed by atoms with Gasteiger partial charge in [0.2, 0.25) is 0 Å². The van der Waals surface area contributed by atoms with Crippen LogP contribution in [0.5, 0.6) is 0 Å². The zero-order chi connectivity index (χ0) is 11.3. The summed E-state index contributed by atoms with van der Waals surface area (Å²) in [5.74, 6) is -0.310. The van der Waals surface area contributed by atoms with E-state index in [0.717, 1.165) is 12.1 Å². The Kier molecular flexibility index (Phi) is 4.58. The average Bonchev–Trinajstić information content (AvgIpc) is 2.15. The first-order valence-corrected chi connectivity index (χ1v) is 5.05. The highest BCUT2D eigenvalue weighted by Crippen LogP contribution is 2.04. The maximum atomic E-state index is 12.8. The Hall–Kier alpha value is -1.07. The SMILES string of the molecule is CN(CCC(N)=S)Cc1cncc(F)c1. The molecule has 0 bridgehead atoms. The third-order valence-electron chi connectivity index (χ3n) is 1.95. The average molecular weight is 227 g/mol. The topological polar surface area (TPSA) is 42.1 Å². The van der Waals surface area contributed by atoms with Crippen LogP contribution in [0, 0.1) is 5.82 Å². The van der Waals surface area contributed by atoms with Crippen molar-refractivity contribution in [2.75, 3.05) is 13.6 Å². The number of rotatable bonds is 5. The quantitative estimate of drug-likeness (QED) is 0.771. The van der Waals surface area contributed by atoms with Crippen LogP contribution in [0.3, 0.4) is 0 Å². The van der Waals surface area contributed by atoms with Crippen molar-refractivity contribution in [3.63, 3.8) is 0 Å². The molecule has 1 aromatic rings. The standard InChI is InChI=1S/C10H14FN3S/c1-14(3-2-10(12)15)7-8-4-9(11)6-13-5-8/h4-6H,2-3,7H2,1H3,(H2,12,15). The normalized spacial score (nSPS) is 10.6. The van der Waals surface area contributed by atoms with Crippen LogP contribution in [-0.4, -0.2) is 28.5 Å². The lowest BCUT2D eigenvalue weighted by Gasteiger charge is -2.15. The van der Waals surface area contributed by atoms with Crippen molar-refractivity contribution in [1.82, 2.24) is 9.88 Å². The molecule has 0 aliphatic carbocycles. The Morgan fingerprint density at radius 2 is 2.33 bits per heavy atom. The Morgan fingerprint density at radius 3 is 2.93 bits per heavy atom. The van der Waals surface area contributed by atoms with Gasteiger partial charge in [0, 0.05) is 25.7 Å². The summed E-state index contributed by atoms with van der Waals surface area (Å²) in [5, 5.41) is 0. The van der Waals surface area contributed by atoms with Crippen molar-refractivity contribution in [1.29, 1.82) is 0 Å². The fourth-order valence-electron chi connectivity index (χ4n) is 1.23. The van der Waals surface area contributed by atoms with E-state index in [0.29, 0.717) is 18.0 Å². The van der Waals surface area contributed by atoms with Crippen molar-refractivity contribution < 1.29 is 4.39 Å². The molecule has 1 rings (SSSR count). The van der Waals surface area contributed by atoms with E-state index in [1.54, 1.807) is 6.20 Å². The first-order chi connectivity index (χ1) is 7.08. The molecule has 0 saturated heterocycles. The third-order valence-corrected chi connectivity index (χ3v) is 2.16. The summed E-state index contributed by atoms with van der Waals surface area (Å²) in [5.41, 5.74) is 6.24. The molecule has 0 fully saturated rings. The fourth-order valence-corrected chi connectivity index (χ4v) is 1.33. The van der Waals surface area contributed by atoms with Gasteiger partial charge in [0.25, 0.3) is 0 Å². The van der Waals surface area contributed by atoms with Crippen molar-refractivity contribution in [2.45, 2.75) is 13.0 Å². The van der Waals surface area contributed by atoms with E-state index in [1.165, 1.54) is 12.3 Å². The van der Waals surface area contributed by atoms with Gasteiger partial charge >= 0.3 is 0 Å². The minimum absolute atomic E-state index is 0.310. The number of hydrogen-bond donors (Lipinski definition) is 1. The monoisotopic (exact) mass is 227 g/mol. The van der Waals surface area contributed by atoms with Crippen LogP contribution in [0.25, 0.3) is 0 Å². The minimum Gasteiger partial charge on any atom is -0.393 e. The highest BCUT2D eigenvalue weighted by Gasteiger charge is 2.02. The molecule has 0 saturated carbocycles. The molecule has 1 heterocycles. The van der Waals surface area contributed by atoms with E-state index >= 15 is 0 Å². The Bertz CT molecular complexity index is 343. The van der Waals surface area contributed by atoms with Crippen molar-refractivity contribution in [2.24, 2.45) is 5.73 Å². The molecule has 3 nitrogen and oxygen atoms in total. The minimum atomic E-state index is -0.310. The molecule has 2 N–H and O–H groups in total. The number of pyridine rings is 1. The van der Waals surface area contributed by atoms with Gasteiger partial charge < -0.3 is 10.6 Å². The molecule has 82 valence electrons. The van der Waals surface area contributed by atoms with Gasteiger partial charge in [-0.3, -0.25) is 4.98 Å². The van der Waals surface area contributed by atoms with E-state index in [-0.39, 0.29) is 5.82 Å². The molecule has 0 amide bonds. The lowest BCUT2D eigenvalue weighted by Crippen LogP contribution is -2.23. The molecule has 0 aromatic carbocycles. The lowest BCUT2D eigenvalue weighted by atomic mass is 10.2. The zero-order valence-corrected chi connectivity index (χ0v) is 9.43. The first-order valence-electron chi connectivity index (χ1n) is 4.64. The van der Waals surface area contributed by atoms with E-state index in [2.05, 4.69) is 4.98 Å². The molecule has 15 heavy (non-hydrogen) atoms. The summed E-state index contributed by atoms with van der Waals surface area (Å²) in [7, 11) is 1.93. The van der Waals surface area contributed by atoms with Crippen molar-refractivity contribution in [3.8, 4) is 0 Å². The predicted molar refractivity (Wildman–Crippen MR) is 61.9 cm³/mol. The summed E-state index contributed by atoms with van der Waals surface area (Å²) >= 11 is 4.78. The van der Waals surface area contributed by atoms with Gasteiger partial charge in [0.05, 0.1) is 11.2 Å². The highest BCUT2D eigenvalue weighted by molar-refractivity contribution is 7.80. The molecule has 0 aliphatic rings. The van der Waals surface area contributed by atoms with Crippen molar-refractivity contribution >= 4 is 17.2 Å². The van der Waals surface area contributed by atoms with Gasteiger partial charge in [-0.05, 0) is 18.7 Å². The number of nitrogens with two attached hydrogens (primary N) is 1. The van der Waals surface area contributed by atoms with Crippen molar-refractivity contribution in [3.05, 3.63) is 29.8 Å². The molecule has 0 atom stereocenters. The number of aromatic nitrogens is 1. The summed E-state index contributed by atoms with van der Waals surface area (Å²) in [6.45, 7) is 1.42. The Balaban J connectivity index is 2.44. The van der Waals surface area contributed by atoms with Gasteiger partial charge in [0.1, 0.15) is 5.82 Å². The van der Waals surface area contributed by atoms with Crippen LogP contribution in [-0.2, 0) is 6.54 Å². The van der Waals surface area contributed by atoms with Gasteiger partial charge in [-0.2, -0.15) is 0 Å². The first kappa shape index (κ1) is 12.0. The van der Waals surface area contributed by atoms with E-state index in [9.17, 15) is 4.39 Å². The maximum Gasteiger partial charge on any atom is 0.141 e. The summed E-state index contributed by atoms with van der Waals surface area (Å²) in [6.07, 6.45) is 3.52. The fraction of sp³-hybridized carbons (Fsp3) is 0.400. The number of thiocarbonyl (C=S) groups is 1. The van der Waals surface area contributed by atoms with Crippen LogP contribution in [0.2, 0.25) is 0 Å². The lowest BCUT2D eigenvalue weighted by molar-refractivity contribution is 0.336. The number of nitrogens with zero attached hydrogens (tertiary/aromatic N) is 2. The number of halogens is 1. The van der Waals surface area contributed by atoms with Gasteiger partial charge in [0.15, 0.2) is 0 Å². The second kappa shape index (κ2) is 5.72. The Morgan fingerprint density at radius 1 is 1.60 bits per heavy atom. The van der Waals surface area contributed by atoms with Crippen LogP contribution in [0.15, 0.2) is 18.5 Å². The Labute approximate surface area is 94.1 Å². The van der Waals surface area contributed by atoms with E-state index in [1.807, 2.05) is 11.9 Å². The second-order valence-corrected chi connectivity index (χ2v) is 3.99. The van der Waals surface area contributed by atoms with Crippen LogP contribution >= 0.6 is 12.2 Å². The smallest absolute Gasteiger partial charge is 0.141 e. The van der Waals surface area contributed by atoms with Gasteiger partial charge in [-0.25, -0.2) is 4.39 Å². The maximum absolute atomic E-state index is 12.8. The second-order valence-electron chi connectivity index (χ2n) is 3.47. The van der Waals surface area contributed by atoms with E-state index < -0.39 is 0 Å². The molecule has 1 aromatic heterocycles. The molecule has 0 spiro atoms. The largest absolute Gasteiger partial charge is 0.393 e. The van der Waals surface area contributed by atoms with E-state index in [4.69, 9.17) is 18.0 Å². The predicted octanol–water partition coefficient (Wildman–Crippen LogP) is 1.33. The molecule has 0 unspecified atom stereocenters. The molecular weight excluding hydrogens is 213 g/mol. The van der Waals surface area contributed by atoms with Gasteiger partial charge in [-0.15, -0.1) is 0 Å². The van der Waals surface area contributed by atoms with Crippen LogP contribution < -0.4 is 5.73 Å². The van der Waals surface area contributed by atoms with Crippen LogP contribution in [0.1, 0.15) is 12.0 Å². The highest BCUT2D eigenvalue weighted by atomic mass is 32.1. The summed E-state index contributed by atoms with van der Waals surface area (Å²) < 4.78 is 12.8. The molecule has 0 radical (unpaired) electrons. The van der Waals surface area contributed by atoms with Crippen LogP contribution in [0.4, 0.5) is 4.39 Å². The third kappa shape index (κ3) is 4.80. The zero-order valence-electron chi connectivity index (χ0n) is 8.61. The summed E-state index contributed by atoms with van der Waals surface area (Å²) in [6, 6.07) is 1.48. The number of hydrogen-bond acceptors (Lipinski definition) is 3.